The second-order valence-electron chi connectivity index (χ2n) is 6.34. The molecule has 1 amide bonds. The van der Waals surface area contributed by atoms with E-state index in [1.54, 1.807) is 25.4 Å². The summed E-state index contributed by atoms with van der Waals surface area (Å²) in [6.07, 6.45) is 2.25. The van der Waals surface area contributed by atoms with E-state index in [0.717, 1.165) is 10.2 Å². The zero-order valence-corrected chi connectivity index (χ0v) is 15.4. The Morgan fingerprint density at radius 3 is 2.79 bits per heavy atom. The van der Waals surface area contributed by atoms with Gasteiger partial charge in [-0.1, -0.05) is 22.0 Å². The number of carbonyl (C=O) groups is 1. The second-order valence-corrected chi connectivity index (χ2v) is 7.26. The van der Waals surface area contributed by atoms with Crippen LogP contribution in [-0.2, 0) is 4.79 Å². The maximum atomic E-state index is 12.7. The zero-order chi connectivity index (χ0) is 17.4. The van der Waals surface area contributed by atoms with Crippen molar-refractivity contribution in [2.24, 2.45) is 5.41 Å². The van der Waals surface area contributed by atoms with Crippen molar-refractivity contribution in [2.75, 3.05) is 12.4 Å². The molecule has 0 aliphatic heterocycles. The lowest BCUT2D eigenvalue weighted by Gasteiger charge is -2.20. The molecule has 1 fully saturated rings. The van der Waals surface area contributed by atoms with Crippen molar-refractivity contribution in [1.29, 1.82) is 0 Å². The molecule has 0 saturated heterocycles. The summed E-state index contributed by atoms with van der Waals surface area (Å²) < 4.78 is 12.1. The van der Waals surface area contributed by atoms with E-state index in [1.807, 2.05) is 38.1 Å². The van der Waals surface area contributed by atoms with Crippen LogP contribution in [0.5, 0.6) is 11.6 Å². The van der Waals surface area contributed by atoms with E-state index in [9.17, 15) is 4.79 Å². The van der Waals surface area contributed by atoms with E-state index in [4.69, 9.17) is 9.47 Å². The van der Waals surface area contributed by atoms with Crippen LogP contribution in [0.2, 0.25) is 0 Å². The Hall–Kier alpha value is -2.08. The molecule has 126 valence electrons. The number of nitrogens with one attached hydrogen (secondary N) is 1. The third-order valence-electron chi connectivity index (χ3n) is 4.58. The summed E-state index contributed by atoms with van der Waals surface area (Å²) in [7, 11) is 1.54. The fourth-order valence-corrected chi connectivity index (χ4v) is 3.14. The van der Waals surface area contributed by atoms with Gasteiger partial charge in [-0.15, -0.1) is 0 Å². The van der Waals surface area contributed by atoms with Crippen molar-refractivity contribution >= 4 is 27.5 Å². The van der Waals surface area contributed by atoms with Gasteiger partial charge in [0.15, 0.2) is 0 Å². The maximum absolute atomic E-state index is 12.7. The SMILES string of the molecule is COc1cc(NC(=O)C2(C)CC2(C)Oc2cccc(Br)c2)ccn1. The highest BCUT2D eigenvalue weighted by Gasteiger charge is 2.68. The van der Waals surface area contributed by atoms with E-state index in [0.29, 0.717) is 18.0 Å². The van der Waals surface area contributed by atoms with Crippen molar-refractivity contribution in [3.8, 4) is 11.6 Å². The molecule has 0 radical (unpaired) electrons. The Labute approximate surface area is 149 Å². The molecular formula is C18H19BrN2O3. The summed E-state index contributed by atoms with van der Waals surface area (Å²) in [5, 5.41) is 2.92. The number of rotatable bonds is 5. The van der Waals surface area contributed by atoms with Crippen molar-refractivity contribution < 1.29 is 14.3 Å². The quantitative estimate of drug-likeness (QED) is 0.836. The van der Waals surface area contributed by atoms with Gasteiger partial charge in [-0.2, -0.15) is 0 Å². The number of hydrogen-bond donors (Lipinski definition) is 1. The van der Waals surface area contributed by atoms with Gasteiger partial charge in [-0.05, 0) is 38.1 Å². The first kappa shape index (κ1) is 16.8. The fourth-order valence-electron chi connectivity index (χ4n) is 2.76. The van der Waals surface area contributed by atoms with Crippen LogP contribution in [0.25, 0.3) is 0 Å². The lowest BCUT2D eigenvalue weighted by Crippen LogP contribution is -2.32. The molecule has 6 heteroatoms. The lowest BCUT2D eigenvalue weighted by molar-refractivity contribution is -0.122. The summed E-state index contributed by atoms with van der Waals surface area (Å²) in [6.45, 7) is 3.87. The predicted molar refractivity (Wildman–Crippen MR) is 95.3 cm³/mol. The molecule has 1 aliphatic carbocycles. The van der Waals surface area contributed by atoms with E-state index in [2.05, 4.69) is 26.2 Å². The Morgan fingerprint density at radius 1 is 1.29 bits per heavy atom. The van der Waals surface area contributed by atoms with Crippen LogP contribution < -0.4 is 14.8 Å². The van der Waals surface area contributed by atoms with Crippen molar-refractivity contribution in [3.05, 3.63) is 47.1 Å². The minimum atomic E-state index is -0.591. The van der Waals surface area contributed by atoms with E-state index >= 15 is 0 Å². The van der Waals surface area contributed by atoms with Gasteiger partial charge < -0.3 is 14.8 Å². The topological polar surface area (TPSA) is 60.5 Å². The van der Waals surface area contributed by atoms with Crippen molar-refractivity contribution in [1.82, 2.24) is 4.98 Å². The first-order valence-corrected chi connectivity index (χ1v) is 8.42. The molecule has 24 heavy (non-hydrogen) atoms. The molecule has 1 N–H and O–H groups in total. The molecule has 0 spiro atoms. The first-order chi connectivity index (χ1) is 11.4. The van der Waals surface area contributed by atoms with Gasteiger partial charge in [0.1, 0.15) is 11.4 Å². The van der Waals surface area contributed by atoms with Gasteiger partial charge in [0.2, 0.25) is 11.8 Å². The summed E-state index contributed by atoms with van der Waals surface area (Å²) in [6, 6.07) is 11.1. The number of ether oxygens (including phenoxy) is 2. The average molecular weight is 391 g/mol. The fraction of sp³-hybridized carbons (Fsp3) is 0.333. The predicted octanol–water partition coefficient (Wildman–Crippen LogP) is 4.04. The summed E-state index contributed by atoms with van der Waals surface area (Å²) in [5.41, 5.74) is -0.467. The highest BCUT2D eigenvalue weighted by Crippen LogP contribution is 2.58. The molecular weight excluding hydrogens is 372 g/mol. The number of carbonyl (C=O) groups excluding carboxylic acids is 1. The van der Waals surface area contributed by atoms with E-state index in [1.165, 1.54) is 0 Å². The molecule has 1 saturated carbocycles. The number of halogens is 1. The van der Waals surface area contributed by atoms with Crippen LogP contribution in [0.4, 0.5) is 5.69 Å². The van der Waals surface area contributed by atoms with Crippen LogP contribution in [0.3, 0.4) is 0 Å². The molecule has 1 aromatic heterocycles. The molecule has 0 bridgehead atoms. The third kappa shape index (κ3) is 3.11. The Kier molecular flexibility index (Phi) is 4.25. The largest absolute Gasteiger partial charge is 0.486 e. The number of nitrogens with zero attached hydrogens (tertiary/aromatic N) is 1. The Morgan fingerprint density at radius 2 is 2.08 bits per heavy atom. The van der Waals surface area contributed by atoms with Gasteiger partial charge in [0, 0.05) is 28.8 Å². The lowest BCUT2D eigenvalue weighted by atomic mass is 10.0. The molecule has 1 heterocycles. The molecule has 3 rings (SSSR count). The number of aromatic nitrogens is 1. The Bertz CT molecular complexity index is 782. The number of benzene rings is 1. The third-order valence-corrected chi connectivity index (χ3v) is 5.07. The van der Waals surface area contributed by atoms with Crippen LogP contribution >= 0.6 is 15.9 Å². The normalized spacial score (nSPS) is 25.0. The van der Waals surface area contributed by atoms with Crippen LogP contribution in [-0.4, -0.2) is 23.6 Å². The van der Waals surface area contributed by atoms with Gasteiger partial charge in [0.25, 0.3) is 0 Å². The molecule has 2 unspecified atom stereocenters. The van der Waals surface area contributed by atoms with E-state index < -0.39 is 11.0 Å². The number of anilines is 1. The average Bonchev–Trinajstić information content (AvgIpc) is 3.10. The minimum Gasteiger partial charge on any atom is -0.486 e. The van der Waals surface area contributed by atoms with E-state index in [-0.39, 0.29) is 5.91 Å². The summed E-state index contributed by atoms with van der Waals surface area (Å²) >= 11 is 3.43. The number of amides is 1. The smallest absolute Gasteiger partial charge is 0.234 e. The number of hydrogen-bond acceptors (Lipinski definition) is 4. The second kappa shape index (κ2) is 6.09. The minimum absolute atomic E-state index is 0.0757. The standard InChI is InChI=1S/C18H19BrN2O3/c1-17(16(22)21-13-7-8-20-15(10-13)23-3)11-18(17,2)24-14-6-4-5-12(19)9-14/h4-10H,11H2,1-3H3,(H,20,21,22). The van der Waals surface area contributed by atoms with Gasteiger partial charge in [-0.25, -0.2) is 4.98 Å². The molecule has 1 aliphatic rings. The zero-order valence-electron chi connectivity index (χ0n) is 13.8. The van der Waals surface area contributed by atoms with Crippen LogP contribution in [0.15, 0.2) is 47.1 Å². The van der Waals surface area contributed by atoms with Gasteiger partial charge in [-0.3, -0.25) is 4.79 Å². The highest BCUT2D eigenvalue weighted by molar-refractivity contribution is 9.10. The summed E-state index contributed by atoms with van der Waals surface area (Å²) in [4.78, 5) is 16.7. The van der Waals surface area contributed by atoms with Gasteiger partial charge >= 0.3 is 0 Å². The van der Waals surface area contributed by atoms with Gasteiger partial charge in [0.05, 0.1) is 12.5 Å². The Balaban J connectivity index is 1.71. The monoisotopic (exact) mass is 390 g/mol. The van der Waals surface area contributed by atoms with Crippen molar-refractivity contribution in [2.45, 2.75) is 25.9 Å². The first-order valence-electron chi connectivity index (χ1n) is 7.62. The molecule has 2 aromatic rings. The molecule has 2 atom stereocenters. The van der Waals surface area contributed by atoms with Crippen molar-refractivity contribution in [3.63, 3.8) is 0 Å². The molecule has 5 nitrogen and oxygen atoms in total. The number of methoxy groups -OCH3 is 1. The van der Waals surface area contributed by atoms with Crippen LogP contribution in [0, 0.1) is 5.41 Å². The molecule has 1 aromatic carbocycles. The van der Waals surface area contributed by atoms with Crippen LogP contribution in [0.1, 0.15) is 20.3 Å². The highest BCUT2D eigenvalue weighted by atomic mass is 79.9. The maximum Gasteiger partial charge on any atom is 0.234 e. The summed E-state index contributed by atoms with van der Waals surface area (Å²) in [5.74, 6) is 1.13. The number of pyridine rings is 1.